The number of aryl methyl sites for hydroxylation is 1. The van der Waals surface area contributed by atoms with Gasteiger partial charge >= 0.3 is 0 Å². The molecule has 1 aromatic carbocycles. The van der Waals surface area contributed by atoms with Crippen molar-refractivity contribution in [2.45, 2.75) is 6.92 Å². The molecule has 0 bridgehead atoms. The number of anilines is 1. The highest BCUT2D eigenvalue weighted by Gasteiger charge is 2.04. The molecule has 0 aliphatic heterocycles. The predicted molar refractivity (Wildman–Crippen MR) is 62.4 cm³/mol. The van der Waals surface area contributed by atoms with E-state index < -0.39 is 0 Å². The van der Waals surface area contributed by atoms with E-state index >= 15 is 0 Å². The summed E-state index contributed by atoms with van der Waals surface area (Å²) in [6.45, 7) is 1.89. The van der Waals surface area contributed by atoms with Crippen LogP contribution in [0.25, 0.3) is 0 Å². The highest BCUT2D eigenvalue weighted by molar-refractivity contribution is 5.44. The highest BCUT2D eigenvalue weighted by atomic mass is 16.5. The summed E-state index contributed by atoms with van der Waals surface area (Å²) in [6.07, 6.45) is 1.33. The van der Waals surface area contributed by atoms with Crippen LogP contribution in [0, 0.1) is 18.3 Å². The van der Waals surface area contributed by atoms with Crippen molar-refractivity contribution in [2.24, 2.45) is 0 Å². The fourth-order valence-corrected chi connectivity index (χ4v) is 1.30. The van der Waals surface area contributed by atoms with Crippen LogP contribution in [-0.2, 0) is 0 Å². The van der Waals surface area contributed by atoms with Gasteiger partial charge in [-0.25, -0.2) is 9.97 Å². The summed E-state index contributed by atoms with van der Waals surface area (Å²) in [5.74, 6) is 1.28. The Morgan fingerprint density at radius 2 is 2.12 bits per heavy atom. The van der Waals surface area contributed by atoms with Crippen LogP contribution in [0.15, 0.2) is 30.6 Å². The first-order valence-electron chi connectivity index (χ1n) is 4.95. The molecule has 17 heavy (non-hydrogen) atoms. The van der Waals surface area contributed by atoms with Crippen molar-refractivity contribution in [3.8, 4) is 17.7 Å². The van der Waals surface area contributed by atoms with Crippen LogP contribution in [0.3, 0.4) is 0 Å². The number of aromatic nitrogens is 2. The first-order valence-corrected chi connectivity index (χ1v) is 4.95. The zero-order chi connectivity index (χ0) is 12.3. The molecule has 5 heteroatoms. The number of hydrogen-bond donors (Lipinski definition) is 1. The second kappa shape index (κ2) is 4.49. The maximum absolute atomic E-state index is 8.81. The minimum atomic E-state index is 0.337. The van der Waals surface area contributed by atoms with Crippen LogP contribution in [0.2, 0.25) is 0 Å². The van der Waals surface area contributed by atoms with Gasteiger partial charge in [0.1, 0.15) is 17.9 Å². The molecule has 0 aliphatic carbocycles. The van der Waals surface area contributed by atoms with Gasteiger partial charge in [-0.2, -0.15) is 5.26 Å². The van der Waals surface area contributed by atoms with Gasteiger partial charge in [0.15, 0.2) is 0 Å². The normalized spacial score (nSPS) is 9.65. The second-order valence-corrected chi connectivity index (χ2v) is 3.48. The molecule has 1 heterocycles. The molecule has 0 saturated carbocycles. The third-order valence-electron chi connectivity index (χ3n) is 2.19. The molecule has 0 radical (unpaired) electrons. The molecule has 84 valence electrons. The average Bonchev–Trinajstić information content (AvgIpc) is 2.32. The van der Waals surface area contributed by atoms with E-state index in [1.807, 2.05) is 13.0 Å². The van der Waals surface area contributed by atoms with Gasteiger partial charge in [0.2, 0.25) is 5.88 Å². The Labute approximate surface area is 98.5 Å². The molecular formula is C12H10N4O. The summed E-state index contributed by atoms with van der Waals surface area (Å²) >= 11 is 0. The quantitative estimate of drug-likeness (QED) is 0.846. The largest absolute Gasteiger partial charge is 0.439 e. The van der Waals surface area contributed by atoms with Crippen molar-refractivity contribution in [1.29, 1.82) is 5.26 Å². The Bertz CT molecular complexity index is 589. The molecule has 0 aliphatic rings. The number of nitrogen functional groups attached to an aromatic ring is 1. The van der Waals surface area contributed by atoms with Crippen molar-refractivity contribution in [3.63, 3.8) is 0 Å². The first kappa shape index (κ1) is 10.9. The van der Waals surface area contributed by atoms with Gasteiger partial charge in [-0.1, -0.05) is 6.07 Å². The van der Waals surface area contributed by atoms with E-state index in [9.17, 15) is 0 Å². The summed E-state index contributed by atoms with van der Waals surface area (Å²) in [6, 6.07) is 8.79. The predicted octanol–water partition coefficient (Wildman–Crippen LogP) is 2.03. The summed E-state index contributed by atoms with van der Waals surface area (Å²) in [7, 11) is 0. The van der Waals surface area contributed by atoms with Crippen LogP contribution < -0.4 is 10.5 Å². The van der Waals surface area contributed by atoms with Gasteiger partial charge in [0, 0.05) is 6.07 Å². The third-order valence-corrected chi connectivity index (χ3v) is 2.19. The van der Waals surface area contributed by atoms with Gasteiger partial charge < -0.3 is 10.5 Å². The Kier molecular flexibility index (Phi) is 2.88. The van der Waals surface area contributed by atoms with E-state index in [2.05, 4.69) is 16.0 Å². The summed E-state index contributed by atoms with van der Waals surface area (Å²) in [4.78, 5) is 7.71. The Balaban J connectivity index is 2.33. The zero-order valence-electron chi connectivity index (χ0n) is 9.21. The fourth-order valence-electron chi connectivity index (χ4n) is 1.30. The Morgan fingerprint density at radius 3 is 2.82 bits per heavy atom. The third kappa shape index (κ3) is 2.49. The first-order chi connectivity index (χ1) is 8.19. The van der Waals surface area contributed by atoms with E-state index in [0.29, 0.717) is 23.0 Å². The molecule has 2 rings (SSSR count). The van der Waals surface area contributed by atoms with Crippen LogP contribution in [0.1, 0.15) is 11.1 Å². The maximum atomic E-state index is 8.81. The maximum Gasteiger partial charge on any atom is 0.224 e. The van der Waals surface area contributed by atoms with E-state index in [1.165, 1.54) is 12.4 Å². The lowest BCUT2D eigenvalue weighted by Gasteiger charge is -2.07. The fraction of sp³-hybridized carbons (Fsp3) is 0.0833. The molecule has 0 amide bonds. The van der Waals surface area contributed by atoms with Crippen molar-refractivity contribution in [3.05, 3.63) is 41.7 Å². The molecule has 0 unspecified atom stereocenters. The minimum absolute atomic E-state index is 0.337. The molecule has 1 aromatic heterocycles. The molecule has 0 spiro atoms. The van der Waals surface area contributed by atoms with Crippen molar-refractivity contribution in [2.75, 3.05) is 5.73 Å². The molecule has 2 N–H and O–H groups in total. The van der Waals surface area contributed by atoms with E-state index in [-0.39, 0.29) is 0 Å². The summed E-state index contributed by atoms with van der Waals surface area (Å²) in [5, 5.41) is 8.81. The Hall–Kier alpha value is -2.61. The van der Waals surface area contributed by atoms with Gasteiger partial charge in [-0.15, -0.1) is 0 Å². The molecule has 0 fully saturated rings. The number of nitrogens with zero attached hydrogens (tertiary/aromatic N) is 3. The van der Waals surface area contributed by atoms with Gasteiger partial charge in [-0.05, 0) is 24.6 Å². The standard InChI is InChI=1S/C12H10N4O/c1-8-2-3-9(6-13)4-10(8)17-12-5-11(14)15-7-16-12/h2-5,7H,1H3,(H2,14,15,16). The van der Waals surface area contributed by atoms with Crippen LogP contribution in [-0.4, -0.2) is 9.97 Å². The monoisotopic (exact) mass is 226 g/mol. The van der Waals surface area contributed by atoms with Crippen molar-refractivity contribution < 1.29 is 4.74 Å². The SMILES string of the molecule is Cc1ccc(C#N)cc1Oc1cc(N)ncn1. The van der Waals surface area contributed by atoms with E-state index in [1.54, 1.807) is 12.1 Å². The van der Waals surface area contributed by atoms with Crippen molar-refractivity contribution >= 4 is 5.82 Å². The smallest absolute Gasteiger partial charge is 0.224 e. The average molecular weight is 226 g/mol. The zero-order valence-corrected chi connectivity index (χ0v) is 9.21. The number of benzene rings is 1. The molecule has 2 aromatic rings. The molecular weight excluding hydrogens is 216 g/mol. The Morgan fingerprint density at radius 1 is 1.29 bits per heavy atom. The van der Waals surface area contributed by atoms with E-state index in [4.69, 9.17) is 15.7 Å². The van der Waals surface area contributed by atoms with Crippen LogP contribution in [0.5, 0.6) is 11.6 Å². The van der Waals surface area contributed by atoms with Gasteiger partial charge in [0.05, 0.1) is 11.6 Å². The lowest BCUT2D eigenvalue weighted by molar-refractivity contribution is 0.458. The number of nitriles is 1. The lowest BCUT2D eigenvalue weighted by Crippen LogP contribution is -1.95. The van der Waals surface area contributed by atoms with Gasteiger partial charge in [-0.3, -0.25) is 0 Å². The number of rotatable bonds is 2. The molecule has 5 nitrogen and oxygen atoms in total. The highest BCUT2D eigenvalue weighted by Crippen LogP contribution is 2.24. The van der Waals surface area contributed by atoms with Crippen molar-refractivity contribution in [1.82, 2.24) is 9.97 Å². The second-order valence-electron chi connectivity index (χ2n) is 3.48. The van der Waals surface area contributed by atoms with Crippen LogP contribution >= 0.6 is 0 Å². The summed E-state index contributed by atoms with van der Waals surface area (Å²) < 4.78 is 5.55. The number of nitrogens with two attached hydrogens (primary N) is 1. The van der Waals surface area contributed by atoms with Gasteiger partial charge in [0.25, 0.3) is 0 Å². The van der Waals surface area contributed by atoms with Crippen LogP contribution in [0.4, 0.5) is 5.82 Å². The molecule has 0 saturated heterocycles. The van der Waals surface area contributed by atoms with E-state index in [0.717, 1.165) is 5.56 Å². The minimum Gasteiger partial charge on any atom is -0.439 e. The lowest BCUT2D eigenvalue weighted by atomic mass is 10.1. The topological polar surface area (TPSA) is 84.8 Å². The number of hydrogen-bond acceptors (Lipinski definition) is 5. The number of ether oxygens (including phenoxy) is 1. The molecule has 0 atom stereocenters. The summed E-state index contributed by atoms with van der Waals surface area (Å²) in [5.41, 5.74) is 6.98.